The van der Waals surface area contributed by atoms with E-state index in [9.17, 15) is 13.2 Å². The summed E-state index contributed by atoms with van der Waals surface area (Å²) in [7, 11) is -3.74. The van der Waals surface area contributed by atoms with Gasteiger partial charge in [-0.15, -0.1) is 0 Å². The quantitative estimate of drug-likeness (QED) is 0.571. The average molecular weight is 390 g/mol. The first-order valence-electron chi connectivity index (χ1n) is 9.09. The molecule has 2 rings (SSSR count). The maximum absolute atomic E-state index is 12.3. The number of aryl methyl sites for hydroxylation is 1. The van der Waals surface area contributed by atoms with Crippen molar-refractivity contribution < 1.29 is 13.2 Å². The molecule has 0 aliphatic carbocycles. The number of nitrogens with two attached hydrogens (primary N) is 1. The topological polar surface area (TPSA) is 101 Å². The summed E-state index contributed by atoms with van der Waals surface area (Å²) in [6.07, 6.45) is 4.69. The summed E-state index contributed by atoms with van der Waals surface area (Å²) in [5.74, 6) is -0.217. The van der Waals surface area contributed by atoms with Crippen LogP contribution in [0.25, 0.3) is 0 Å². The number of unbranched alkanes of at least 4 members (excludes halogenated alkanes) is 2. The van der Waals surface area contributed by atoms with Crippen LogP contribution in [0.3, 0.4) is 0 Å². The van der Waals surface area contributed by atoms with Gasteiger partial charge in [0, 0.05) is 11.4 Å². The van der Waals surface area contributed by atoms with E-state index >= 15 is 0 Å². The molecule has 1 amide bonds. The molecule has 0 aliphatic rings. The molecule has 0 saturated carbocycles. The summed E-state index contributed by atoms with van der Waals surface area (Å²) in [6.45, 7) is 3.96. The van der Waals surface area contributed by atoms with E-state index in [0.29, 0.717) is 5.69 Å². The fourth-order valence-electron chi connectivity index (χ4n) is 2.64. The largest absolute Gasteiger partial charge is 0.374 e. The first kappa shape index (κ1) is 20.9. The molecule has 0 unspecified atom stereocenters. The minimum Gasteiger partial charge on any atom is -0.374 e. The molecule has 27 heavy (non-hydrogen) atoms. The number of benzene rings is 2. The third-order valence-corrected chi connectivity index (χ3v) is 5.18. The third kappa shape index (κ3) is 6.69. The highest BCUT2D eigenvalue weighted by Gasteiger charge is 2.14. The van der Waals surface area contributed by atoms with Crippen LogP contribution in [-0.2, 0) is 21.2 Å². The number of hydrogen-bond donors (Lipinski definition) is 3. The number of rotatable bonds is 9. The van der Waals surface area contributed by atoms with Crippen LogP contribution in [0.15, 0.2) is 53.4 Å². The van der Waals surface area contributed by atoms with Gasteiger partial charge in [0.15, 0.2) is 0 Å². The standard InChI is InChI=1S/C20H27N3O3S/c1-3-4-5-6-16-7-9-17(10-8-16)22-15(2)20(24)23-18-11-13-19(14-12-18)27(21,25)26/h7-15,22H,3-6H2,1-2H3,(H,23,24)(H2,21,25,26)/t15-/m0/s1. The Morgan fingerprint density at radius 3 is 2.15 bits per heavy atom. The van der Waals surface area contributed by atoms with E-state index in [0.717, 1.165) is 12.1 Å². The highest BCUT2D eigenvalue weighted by atomic mass is 32.2. The molecule has 0 aliphatic heterocycles. The monoisotopic (exact) mass is 389 g/mol. The second kappa shape index (κ2) is 9.53. The molecule has 2 aromatic carbocycles. The van der Waals surface area contributed by atoms with E-state index < -0.39 is 16.1 Å². The summed E-state index contributed by atoms with van der Waals surface area (Å²) in [6, 6.07) is 13.4. The van der Waals surface area contributed by atoms with Crippen LogP contribution < -0.4 is 15.8 Å². The highest BCUT2D eigenvalue weighted by molar-refractivity contribution is 7.89. The van der Waals surface area contributed by atoms with Gasteiger partial charge in [0.1, 0.15) is 6.04 Å². The lowest BCUT2D eigenvalue weighted by Crippen LogP contribution is -2.31. The van der Waals surface area contributed by atoms with Gasteiger partial charge in [-0.3, -0.25) is 4.79 Å². The summed E-state index contributed by atoms with van der Waals surface area (Å²) < 4.78 is 22.5. The Balaban J connectivity index is 1.89. The van der Waals surface area contributed by atoms with Crippen LogP contribution in [0.1, 0.15) is 38.7 Å². The molecule has 0 spiro atoms. The number of primary sulfonamides is 1. The Hall–Kier alpha value is -2.38. The minimum atomic E-state index is -3.74. The molecule has 0 fully saturated rings. The van der Waals surface area contributed by atoms with Crippen molar-refractivity contribution in [2.75, 3.05) is 10.6 Å². The summed E-state index contributed by atoms with van der Waals surface area (Å²) in [5.41, 5.74) is 2.68. The van der Waals surface area contributed by atoms with Crippen LogP contribution in [0, 0.1) is 0 Å². The Morgan fingerprint density at radius 1 is 1.00 bits per heavy atom. The number of sulfonamides is 1. The van der Waals surface area contributed by atoms with Gasteiger partial charge in [0.25, 0.3) is 0 Å². The van der Waals surface area contributed by atoms with E-state index in [1.165, 1.54) is 49.1 Å². The second-order valence-corrected chi connectivity index (χ2v) is 8.14. The Morgan fingerprint density at radius 2 is 1.59 bits per heavy atom. The van der Waals surface area contributed by atoms with Crippen molar-refractivity contribution in [2.24, 2.45) is 5.14 Å². The lowest BCUT2D eigenvalue weighted by molar-refractivity contribution is -0.116. The van der Waals surface area contributed by atoms with Gasteiger partial charge in [-0.25, -0.2) is 13.6 Å². The molecule has 0 heterocycles. The lowest BCUT2D eigenvalue weighted by atomic mass is 10.1. The highest BCUT2D eigenvalue weighted by Crippen LogP contribution is 2.15. The molecule has 0 radical (unpaired) electrons. The van der Waals surface area contributed by atoms with Crippen molar-refractivity contribution in [3.05, 3.63) is 54.1 Å². The number of carbonyl (C=O) groups excluding carboxylic acids is 1. The fourth-order valence-corrected chi connectivity index (χ4v) is 3.16. The maximum atomic E-state index is 12.3. The molecule has 146 valence electrons. The van der Waals surface area contributed by atoms with E-state index in [4.69, 9.17) is 5.14 Å². The summed E-state index contributed by atoms with van der Waals surface area (Å²) >= 11 is 0. The molecule has 0 saturated heterocycles. The zero-order chi connectivity index (χ0) is 19.9. The summed E-state index contributed by atoms with van der Waals surface area (Å²) in [5, 5.41) is 11.0. The van der Waals surface area contributed by atoms with E-state index in [2.05, 4.69) is 29.7 Å². The van der Waals surface area contributed by atoms with Crippen LogP contribution in [0.4, 0.5) is 11.4 Å². The van der Waals surface area contributed by atoms with Crippen molar-refractivity contribution in [1.82, 2.24) is 0 Å². The van der Waals surface area contributed by atoms with Crippen LogP contribution >= 0.6 is 0 Å². The second-order valence-electron chi connectivity index (χ2n) is 6.58. The van der Waals surface area contributed by atoms with Crippen molar-refractivity contribution in [1.29, 1.82) is 0 Å². The third-order valence-electron chi connectivity index (χ3n) is 4.25. The van der Waals surface area contributed by atoms with Crippen LogP contribution in [0.2, 0.25) is 0 Å². The van der Waals surface area contributed by atoms with Crippen molar-refractivity contribution in [3.63, 3.8) is 0 Å². The number of nitrogens with one attached hydrogen (secondary N) is 2. The first-order chi connectivity index (χ1) is 12.8. The fraction of sp³-hybridized carbons (Fsp3) is 0.350. The number of carbonyl (C=O) groups is 1. The molecule has 2 aromatic rings. The lowest BCUT2D eigenvalue weighted by Gasteiger charge is -2.16. The molecular weight excluding hydrogens is 362 g/mol. The van der Waals surface area contributed by atoms with Gasteiger partial charge in [-0.1, -0.05) is 31.9 Å². The number of hydrogen-bond acceptors (Lipinski definition) is 4. The zero-order valence-corrected chi connectivity index (χ0v) is 16.6. The summed E-state index contributed by atoms with van der Waals surface area (Å²) in [4.78, 5) is 12.3. The van der Waals surface area contributed by atoms with E-state index in [1.807, 2.05) is 12.1 Å². The molecule has 7 heteroatoms. The van der Waals surface area contributed by atoms with Gasteiger partial charge in [-0.2, -0.15) is 0 Å². The van der Waals surface area contributed by atoms with Gasteiger partial charge in [-0.05, 0) is 61.7 Å². The molecule has 4 N–H and O–H groups in total. The normalized spacial score (nSPS) is 12.4. The SMILES string of the molecule is CCCCCc1ccc(N[C@@H](C)C(=O)Nc2ccc(S(N)(=O)=O)cc2)cc1. The molecule has 6 nitrogen and oxygen atoms in total. The zero-order valence-electron chi connectivity index (χ0n) is 15.7. The van der Waals surface area contributed by atoms with Crippen molar-refractivity contribution in [3.8, 4) is 0 Å². The number of anilines is 2. The maximum Gasteiger partial charge on any atom is 0.246 e. The predicted molar refractivity (Wildman–Crippen MR) is 109 cm³/mol. The Labute approximate surface area is 161 Å². The van der Waals surface area contributed by atoms with Gasteiger partial charge in [0.05, 0.1) is 4.90 Å². The molecular formula is C20H27N3O3S. The van der Waals surface area contributed by atoms with Gasteiger partial charge < -0.3 is 10.6 Å². The minimum absolute atomic E-state index is 0.00528. The predicted octanol–water partition coefficient (Wildman–Crippen LogP) is 3.51. The van der Waals surface area contributed by atoms with Crippen molar-refractivity contribution in [2.45, 2.75) is 50.5 Å². The number of amides is 1. The van der Waals surface area contributed by atoms with E-state index in [-0.39, 0.29) is 10.8 Å². The molecule has 1 atom stereocenters. The molecule has 0 aromatic heterocycles. The van der Waals surface area contributed by atoms with Crippen molar-refractivity contribution >= 4 is 27.3 Å². The Bertz CT molecular complexity index is 847. The van der Waals surface area contributed by atoms with Crippen LogP contribution in [0.5, 0.6) is 0 Å². The first-order valence-corrected chi connectivity index (χ1v) is 10.6. The van der Waals surface area contributed by atoms with Crippen LogP contribution in [-0.4, -0.2) is 20.4 Å². The van der Waals surface area contributed by atoms with Gasteiger partial charge in [0.2, 0.25) is 15.9 Å². The van der Waals surface area contributed by atoms with Gasteiger partial charge >= 0.3 is 0 Å². The van der Waals surface area contributed by atoms with E-state index in [1.54, 1.807) is 6.92 Å². The molecule has 0 bridgehead atoms. The smallest absolute Gasteiger partial charge is 0.246 e. The average Bonchev–Trinajstić information content (AvgIpc) is 2.63. The Kier molecular flexibility index (Phi) is 7.38.